The fourth-order valence-electron chi connectivity index (χ4n) is 4.95. The number of nitrogens with zero attached hydrogens (tertiary/aromatic N) is 5. The molecule has 2 aliphatic rings. The smallest absolute Gasteiger partial charge is 0.0991 e. The molecule has 2 aromatic rings. The molecule has 2 fully saturated rings. The van der Waals surface area contributed by atoms with Crippen molar-refractivity contribution < 1.29 is 5.11 Å². The van der Waals surface area contributed by atoms with Crippen LogP contribution in [0.25, 0.3) is 5.69 Å². The van der Waals surface area contributed by atoms with Crippen molar-refractivity contribution in [2.75, 3.05) is 52.9 Å². The summed E-state index contributed by atoms with van der Waals surface area (Å²) in [5.74, 6) is 0.657. The molecule has 29 heavy (non-hydrogen) atoms. The topological polar surface area (TPSA) is 47.8 Å². The first kappa shape index (κ1) is 20.5. The molecule has 0 spiro atoms. The van der Waals surface area contributed by atoms with Gasteiger partial charge in [-0.25, -0.2) is 4.98 Å². The van der Waals surface area contributed by atoms with Gasteiger partial charge < -0.3 is 14.6 Å². The molecule has 0 radical (unpaired) electrons. The molecule has 1 N–H and O–H groups in total. The fraction of sp³-hybridized carbons (Fsp3) is 0.609. The van der Waals surface area contributed by atoms with Crippen LogP contribution >= 0.6 is 0 Å². The summed E-state index contributed by atoms with van der Waals surface area (Å²) in [5.41, 5.74) is 2.52. The van der Waals surface area contributed by atoms with Crippen LogP contribution in [0.1, 0.15) is 24.8 Å². The van der Waals surface area contributed by atoms with Gasteiger partial charge in [0.1, 0.15) is 0 Å². The molecule has 0 aliphatic carbocycles. The number of hydrogen-bond acceptors (Lipinski definition) is 5. The lowest BCUT2D eigenvalue weighted by molar-refractivity contribution is 0.0212. The fourth-order valence-corrected chi connectivity index (χ4v) is 4.95. The zero-order valence-corrected chi connectivity index (χ0v) is 17.7. The third-order valence-corrected chi connectivity index (χ3v) is 6.66. The highest BCUT2D eigenvalue weighted by Crippen LogP contribution is 2.28. The number of likely N-dealkylation sites (N-methyl/N-ethyl adjacent to an activating group) is 1. The van der Waals surface area contributed by atoms with Crippen molar-refractivity contribution in [3.8, 4) is 5.69 Å². The van der Waals surface area contributed by atoms with Gasteiger partial charge in [0.15, 0.2) is 0 Å². The Bertz CT molecular complexity index is 724. The maximum absolute atomic E-state index is 9.39. The summed E-state index contributed by atoms with van der Waals surface area (Å²) in [7, 11) is 2.22. The summed E-state index contributed by atoms with van der Waals surface area (Å²) in [4.78, 5) is 11.9. The summed E-state index contributed by atoms with van der Waals surface area (Å²) < 4.78 is 2.04. The second-order valence-electron chi connectivity index (χ2n) is 8.69. The maximum Gasteiger partial charge on any atom is 0.0991 e. The minimum atomic E-state index is 0.307. The van der Waals surface area contributed by atoms with Crippen LogP contribution in [0, 0.1) is 5.92 Å². The van der Waals surface area contributed by atoms with Gasteiger partial charge in [-0.3, -0.25) is 9.80 Å². The zero-order valence-electron chi connectivity index (χ0n) is 17.7. The van der Waals surface area contributed by atoms with Crippen molar-refractivity contribution in [3.63, 3.8) is 0 Å². The molecular weight excluding hydrogens is 362 g/mol. The molecule has 2 saturated heterocycles. The molecule has 0 saturated carbocycles. The Kier molecular flexibility index (Phi) is 6.98. The van der Waals surface area contributed by atoms with Gasteiger partial charge in [-0.1, -0.05) is 12.1 Å². The first-order valence-electron chi connectivity index (χ1n) is 11.1. The predicted octanol–water partition coefficient (Wildman–Crippen LogP) is 2.08. The number of aliphatic hydroxyl groups excluding tert-OH is 1. The van der Waals surface area contributed by atoms with E-state index in [1.54, 1.807) is 0 Å². The van der Waals surface area contributed by atoms with E-state index in [0.717, 1.165) is 38.2 Å². The number of piperidine rings is 1. The average molecular weight is 398 g/mol. The van der Waals surface area contributed by atoms with Gasteiger partial charge >= 0.3 is 0 Å². The Balaban J connectivity index is 1.36. The summed E-state index contributed by atoms with van der Waals surface area (Å²) >= 11 is 0. The highest BCUT2D eigenvalue weighted by molar-refractivity contribution is 5.34. The van der Waals surface area contributed by atoms with Gasteiger partial charge in [-0.2, -0.15) is 0 Å². The van der Waals surface area contributed by atoms with Gasteiger partial charge in [0.2, 0.25) is 0 Å². The van der Waals surface area contributed by atoms with Crippen LogP contribution < -0.4 is 0 Å². The van der Waals surface area contributed by atoms with Crippen LogP contribution in [0.2, 0.25) is 0 Å². The number of hydrogen-bond donors (Lipinski definition) is 1. The Morgan fingerprint density at radius 1 is 1.07 bits per heavy atom. The van der Waals surface area contributed by atoms with Crippen LogP contribution in [0.5, 0.6) is 0 Å². The third-order valence-electron chi connectivity index (χ3n) is 6.66. The zero-order chi connectivity index (χ0) is 20.1. The highest BCUT2D eigenvalue weighted by Gasteiger charge is 2.33. The van der Waals surface area contributed by atoms with E-state index in [0.29, 0.717) is 18.6 Å². The van der Waals surface area contributed by atoms with Crippen molar-refractivity contribution in [1.82, 2.24) is 24.3 Å². The van der Waals surface area contributed by atoms with E-state index in [1.165, 1.54) is 38.2 Å². The van der Waals surface area contributed by atoms with Crippen molar-refractivity contribution >= 4 is 0 Å². The van der Waals surface area contributed by atoms with Crippen LogP contribution in [-0.4, -0.2) is 88.3 Å². The third kappa shape index (κ3) is 5.25. The number of likely N-dealkylation sites (tertiary alicyclic amines) is 1. The molecule has 1 aromatic carbocycles. The normalized spacial score (nSPS) is 24.8. The van der Waals surface area contributed by atoms with E-state index < -0.39 is 0 Å². The first-order valence-corrected chi connectivity index (χ1v) is 11.1. The Hall–Kier alpha value is -1.73. The van der Waals surface area contributed by atoms with E-state index in [9.17, 15) is 5.11 Å². The Labute approximate surface area is 174 Å². The van der Waals surface area contributed by atoms with Crippen LogP contribution in [0.3, 0.4) is 0 Å². The van der Waals surface area contributed by atoms with Crippen molar-refractivity contribution in [1.29, 1.82) is 0 Å². The standard InChI is InChI=1S/C23H35N5O/c1-25-12-14-27(15-13-25)23-8-10-26(18-21(23)3-2-16-29)17-20-4-6-22(7-5-20)28-11-9-24-19-28/h4-7,9,11,19,21,23,29H,2-3,8,10,12-18H2,1H3/t21-,23+/m1/s1. The molecule has 4 rings (SSSR count). The van der Waals surface area contributed by atoms with Crippen molar-refractivity contribution in [3.05, 3.63) is 48.5 Å². The Morgan fingerprint density at radius 3 is 2.55 bits per heavy atom. The van der Waals surface area contributed by atoms with Gasteiger partial charge in [0.05, 0.1) is 6.33 Å². The minimum Gasteiger partial charge on any atom is -0.396 e. The summed E-state index contributed by atoms with van der Waals surface area (Å²) in [6.45, 7) is 8.35. The number of aliphatic hydroxyl groups is 1. The monoisotopic (exact) mass is 397 g/mol. The van der Waals surface area contributed by atoms with Crippen molar-refractivity contribution in [2.24, 2.45) is 5.92 Å². The molecule has 3 heterocycles. The van der Waals surface area contributed by atoms with Gasteiger partial charge in [-0.15, -0.1) is 0 Å². The number of piperazine rings is 1. The van der Waals surface area contributed by atoms with E-state index in [4.69, 9.17) is 0 Å². The SMILES string of the molecule is CN1CCN([C@H]2CCN(Cc3ccc(-n4ccnc4)cc3)C[C@H]2CCCO)CC1. The first-order chi connectivity index (χ1) is 14.2. The highest BCUT2D eigenvalue weighted by atomic mass is 16.2. The Morgan fingerprint density at radius 2 is 1.86 bits per heavy atom. The summed E-state index contributed by atoms with van der Waals surface area (Å²) in [6, 6.07) is 9.51. The van der Waals surface area contributed by atoms with Crippen LogP contribution in [-0.2, 0) is 6.54 Å². The molecule has 1 aromatic heterocycles. The molecule has 2 atom stereocenters. The predicted molar refractivity (Wildman–Crippen MR) is 116 cm³/mol. The molecule has 6 nitrogen and oxygen atoms in total. The maximum atomic E-state index is 9.39. The largest absolute Gasteiger partial charge is 0.396 e. The van der Waals surface area contributed by atoms with Crippen LogP contribution in [0.15, 0.2) is 43.0 Å². The average Bonchev–Trinajstić information content (AvgIpc) is 3.29. The number of rotatable bonds is 7. The van der Waals surface area contributed by atoms with E-state index in [-0.39, 0.29) is 0 Å². The van der Waals surface area contributed by atoms with Gasteiger partial charge in [0, 0.05) is 70.0 Å². The number of aromatic nitrogens is 2. The lowest BCUT2D eigenvalue weighted by atomic mass is 9.86. The minimum absolute atomic E-state index is 0.307. The van der Waals surface area contributed by atoms with E-state index in [2.05, 4.69) is 51.0 Å². The lowest BCUT2D eigenvalue weighted by Crippen LogP contribution is -2.56. The van der Waals surface area contributed by atoms with Crippen molar-refractivity contribution in [2.45, 2.75) is 31.8 Å². The second kappa shape index (κ2) is 9.85. The summed E-state index contributed by atoms with van der Waals surface area (Å²) in [6.07, 6.45) is 8.91. The quantitative estimate of drug-likeness (QED) is 0.775. The molecule has 6 heteroatoms. The molecule has 2 aliphatic heterocycles. The number of benzene rings is 1. The van der Waals surface area contributed by atoms with Gasteiger partial charge in [-0.05, 0) is 56.5 Å². The number of imidazole rings is 1. The van der Waals surface area contributed by atoms with E-state index in [1.807, 2.05) is 23.3 Å². The molecule has 158 valence electrons. The lowest BCUT2D eigenvalue weighted by Gasteiger charge is -2.46. The molecule has 0 amide bonds. The van der Waals surface area contributed by atoms with E-state index >= 15 is 0 Å². The summed E-state index contributed by atoms with van der Waals surface area (Å²) in [5, 5.41) is 9.39. The molecule has 0 bridgehead atoms. The van der Waals surface area contributed by atoms with Gasteiger partial charge in [0.25, 0.3) is 0 Å². The van der Waals surface area contributed by atoms with Crippen LogP contribution in [0.4, 0.5) is 0 Å². The molecule has 0 unspecified atom stereocenters. The second-order valence-corrected chi connectivity index (χ2v) is 8.69. The molecular formula is C23H35N5O.